The predicted octanol–water partition coefficient (Wildman–Crippen LogP) is 8.38. The number of hydrogen-bond acceptors (Lipinski definition) is 6. The molecule has 0 aliphatic heterocycles. The Labute approximate surface area is 296 Å². The number of nitrogens with zero attached hydrogens (tertiary/aromatic N) is 2. The Morgan fingerprint density at radius 3 is 2.43 bits per heavy atom. The average molecular weight is 805 g/mol. The van der Waals surface area contributed by atoms with Gasteiger partial charge in [0.25, 0.3) is 0 Å². The predicted molar refractivity (Wildman–Crippen MR) is 186 cm³/mol. The van der Waals surface area contributed by atoms with Gasteiger partial charge in [-0.3, -0.25) is 0 Å². The van der Waals surface area contributed by atoms with Crippen LogP contribution in [-0.2, 0) is 30.8 Å². The van der Waals surface area contributed by atoms with Gasteiger partial charge in [0.05, 0.1) is 56.3 Å². The van der Waals surface area contributed by atoms with Crippen LogP contribution in [0, 0.1) is 11.8 Å². The number of methoxy groups -OCH3 is 1. The van der Waals surface area contributed by atoms with Gasteiger partial charge in [0, 0.05) is 40.4 Å². The number of hydrogen-bond donors (Lipinski definition) is 0. The van der Waals surface area contributed by atoms with Crippen LogP contribution in [0.3, 0.4) is 0 Å². The summed E-state index contributed by atoms with van der Waals surface area (Å²) in [6.45, 7) is 4.70. The van der Waals surface area contributed by atoms with Gasteiger partial charge in [-0.1, -0.05) is 41.3 Å². The Bertz CT molecular complexity index is 1090. The van der Waals surface area contributed by atoms with Gasteiger partial charge in [-0.25, -0.2) is 18.2 Å². The van der Waals surface area contributed by atoms with Gasteiger partial charge in [-0.05, 0) is 83.0 Å². The molecule has 0 saturated heterocycles. The summed E-state index contributed by atoms with van der Waals surface area (Å²) in [7, 11) is 1.75. The molecule has 5 rings (SSSR count). The fourth-order valence-electron chi connectivity index (χ4n) is 8.37. The highest BCUT2D eigenvalue weighted by atomic mass is 127. The first-order valence-electron chi connectivity index (χ1n) is 17.4. The van der Waals surface area contributed by atoms with E-state index in [0.29, 0.717) is 57.4 Å². The maximum Gasteiger partial charge on any atom is 0.168 e. The number of aromatic nitrogens is 2. The highest BCUT2D eigenvalue weighted by Gasteiger charge is 2.48. The summed E-state index contributed by atoms with van der Waals surface area (Å²) in [6.07, 6.45) is 5.08. The SMILES string of the molecule is COC1CC(C2(C)CCCc3nc(SCC4C(F)CCC(OCCOCCOCCI)C4F)n(C4CCC(F)CC4)c32)CCC1Cl. The van der Waals surface area contributed by atoms with Gasteiger partial charge in [0.1, 0.15) is 18.5 Å². The lowest BCUT2D eigenvalue weighted by atomic mass is 9.62. The molecular formula is C34H53ClF3IN2O4S. The molecule has 3 fully saturated rings. The summed E-state index contributed by atoms with van der Waals surface area (Å²) in [6, 6.07) is 0.141. The number of aryl methyl sites for hydroxylation is 1. The number of ether oxygens (including phenoxy) is 4. The molecule has 4 aliphatic rings. The molecule has 3 saturated carbocycles. The van der Waals surface area contributed by atoms with Crippen LogP contribution >= 0.6 is 46.0 Å². The lowest BCUT2D eigenvalue weighted by Crippen LogP contribution is -2.44. The summed E-state index contributed by atoms with van der Waals surface area (Å²) >= 11 is 10.4. The molecule has 0 bridgehead atoms. The zero-order valence-electron chi connectivity index (χ0n) is 27.5. The zero-order valence-corrected chi connectivity index (χ0v) is 31.2. The quantitative estimate of drug-likeness (QED) is 0.0769. The van der Waals surface area contributed by atoms with E-state index in [-0.39, 0.29) is 36.0 Å². The largest absolute Gasteiger partial charge is 0.380 e. The van der Waals surface area contributed by atoms with Crippen molar-refractivity contribution >= 4 is 46.0 Å². The second-order valence-electron chi connectivity index (χ2n) is 13.9. The maximum absolute atomic E-state index is 15.8. The van der Waals surface area contributed by atoms with Crippen LogP contribution in [-0.4, -0.2) is 96.0 Å². The van der Waals surface area contributed by atoms with E-state index < -0.39 is 30.5 Å². The summed E-state index contributed by atoms with van der Waals surface area (Å²) in [5, 5.41) is 0.863. The van der Waals surface area contributed by atoms with Gasteiger partial charge in [0.15, 0.2) is 5.16 Å². The minimum Gasteiger partial charge on any atom is -0.380 e. The van der Waals surface area contributed by atoms with E-state index in [1.807, 2.05) is 0 Å². The standard InChI is InChI=1S/C34H53ClF3IN2O4S/c1-34(22-5-10-26(35)30(20-22)42-2)13-3-4-28-32(34)41(24-8-6-23(36)7-9-24)33(40-28)46-21-25-27(37)11-12-29(31(25)38)45-19-18-44-17-16-43-15-14-39/h22-27,29-31H,3-21H2,1-2H3. The Morgan fingerprint density at radius 2 is 1.70 bits per heavy atom. The third-order valence-corrected chi connectivity index (χ3v) is 13.1. The molecule has 8 unspecified atom stereocenters. The molecule has 0 amide bonds. The molecular weight excluding hydrogens is 752 g/mol. The number of halogens is 5. The van der Waals surface area contributed by atoms with Crippen LogP contribution in [0.15, 0.2) is 5.16 Å². The average Bonchev–Trinajstić information content (AvgIpc) is 3.43. The minimum atomic E-state index is -1.40. The minimum absolute atomic E-state index is 0.0189. The van der Waals surface area contributed by atoms with E-state index in [1.54, 1.807) is 7.11 Å². The molecule has 6 nitrogen and oxygen atoms in total. The highest BCUT2D eigenvalue weighted by molar-refractivity contribution is 14.1. The fourth-order valence-corrected chi connectivity index (χ4v) is 10.3. The van der Waals surface area contributed by atoms with Crippen molar-refractivity contribution in [1.29, 1.82) is 0 Å². The van der Waals surface area contributed by atoms with E-state index in [0.717, 1.165) is 66.6 Å². The van der Waals surface area contributed by atoms with Crippen LogP contribution < -0.4 is 0 Å². The van der Waals surface area contributed by atoms with Gasteiger partial charge in [0.2, 0.25) is 0 Å². The number of thioether (sulfide) groups is 1. The Balaban J connectivity index is 1.30. The van der Waals surface area contributed by atoms with Crippen molar-refractivity contribution in [3.8, 4) is 0 Å². The first-order valence-corrected chi connectivity index (χ1v) is 20.4. The molecule has 0 spiro atoms. The lowest BCUT2D eigenvalue weighted by molar-refractivity contribution is -0.0808. The van der Waals surface area contributed by atoms with Crippen molar-refractivity contribution in [2.45, 2.75) is 137 Å². The Kier molecular flexibility index (Phi) is 14.6. The van der Waals surface area contributed by atoms with Crippen LogP contribution in [0.25, 0.3) is 0 Å². The zero-order chi connectivity index (χ0) is 32.7. The molecule has 1 heterocycles. The van der Waals surface area contributed by atoms with Crippen LogP contribution in [0.5, 0.6) is 0 Å². The molecule has 0 radical (unpaired) electrons. The smallest absolute Gasteiger partial charge is 0.168 e. The van der Waals surface area contributed by atoms with Crippen molar-refractivity contribution in [1.82, 2.24) is 9.55 Å². The van der Waals surface area contributed by atoms with Crippen LogP contribution in [0.4, 0.5) is 13.2 Å². The molecule has 46 heavy (non-hydrogen) atoms. The van der Waals surface area contributed by atoms with Gasteiger partial charge in [-0.15, -0.1) is 11.6 Å². The van der Waals surface area contributed by atoms with E-state index in [4.69, 9.17) is 35.5 Å². The van der Waals surface area contributed by atoms with Crippen LogP contribution in [0.2, 0.25) is 0 Å². The fraction of sp³-hybridized carbons (Fsp3) is 0.912. The van der Waals surface area contributed by atoms with Crippen molar-refractivity contribution < 1.29 is 32.1 Å². The summed E-state index contributed by atoms with van der Waals surface area (Å²) in [4.78, 5) is 5.21. The second-order valence-corrected chi connectivity index (χ2v) is 16.5. The molecule has 4 aliphatic carbocycles. The van der Waals surface area contributed by atoms with Crippen molar-refractivity contribution in [2.24, 2.45) is 11.8 Å². The first kappa shape index (κ1) is 37.5. The number of fused-ring (bicyclic) bond motifs is 1. The third-order valence-electron chi connectivity index (χ3n) is 11.0. The lowest BCUT2D eigenvalue weighted by Gasteiger charge is -2.46. The monoisotopic (exact) mass is 804 g/mol. The second kappa shape index (κ2) is 17.9. The number of imidazole rings is 1. The molecule has 264 valence electrons. The van der Waals surface area contributed by atoms with Crippen molar-refractivity contribution in [3.63, 3.8) is 0 Å². The molecule has 0 N–H and O–H groups in total. The normalized spacial score (nSPS) is 36.9. The first-order chi connectivity index (χ1) is 22.3. The van der Waals surface area contributed by atoms with E-state index in [1.165, 1.54) is 17.5 Å². The topological polar surface area (TPSA) is 54.7 Å². The van der Waals surface area contributed by atoms with Crippen molar-refractivity contribution in [2.75, 3.05) is 50.3 Å². The van der Waals surface area contributed by atoms with Gasteiger partial charge in [-0.2, -0.15) is 0 Å². The molecule has 1 aromatic rings. The Morgan fingerprint density at radius 1 is 0.957 bits per heavy atom. The van der Waals surface area contributed by atoms with E-state index >= 15 is 8.78 Å². The van der Waals surface area contributed by atoms with Gasteiger partial charge >= 0.3 is 0 Å². The van der Waals surface area contributed by atoms with Crippen molar-refractivity contribution in [3.05, 3.63) is 11.4 Å². The summed E-state index contributed by atoms with van der Waals surface area (Å²) < 4.78 is 71.5. The maximum atomic E-state index is 15.8. The Hall–Kier alpha value is 0.210. The molecule has 0 aromatic carbocycles. The molecule has 12 heteroatoms. The van der Waals surface area contributed by atoms with E-state index in [2.05, 4.69) is 34.1 Å². The molecule has 8 atom stereocenters. The van der Waals surface area contributed by atoms with E-state index in [9.17, 15) is 4.39 Å². The summed E-state index contributed by atoms with van der Waals surface area (Å²) in [5.74, 6) is -0.0874. The highest BCUT2D eigenvalue weighted by Crippen LogP contribution is 2.52. The summed E-state index contributed by atoms with van der Waals surface area (Å²) in [5.41, 5.74) is 2.27. The number of rotatable bonds is 15. The third kappa shape index (κ3) is 8.92. The van der Waals surface area contributed by atoms with Gasteiger partial charge < -0.3 is 23.5 Å². The molecule has 1 aromatic heterocycles. The number of alkyl halides is 5. The van der Waals surface area contributed by atoms with Crippen LogP contribution in [0.1, 0.15) is 95.0 Å².